The van der Waals surface area contributed by atoms with Crippen molar-refractivity contribution in [3.8, 4) is 0 Å². The summed E-state index contributed by atoms with van der Waals surface area (Å²) >= 11 is 1.19. The van der Waals surface area contributed by atoms with Crippen LogP contribution >= 0.6 is 0 Å². The minimum absolute atomic E-state index is 0.594. The molecule has 0 bridgehead atoms. The summed E-state index contributed by atoms with van der Waals surface area (Å²) in [5, 5.41) is 13.9. The van der Waals surface area contributed by atoms with Crippen LogP contribution in [0.25, 0.3) is 0 Å². The molecule has 2 atom stereocenters. The molecule has 0 aromatic heterocycles. The third kappa shape index (κ3) is 16.5. The Morgan fingerprint density at radius 2 is 1.70 bits per heavy atom. The molecule has 0 amide bonds. The van der Waals surface area contributed by atoms with E-state index in [1.807, 2.05) is 0 Å². The summed E-state index contributed by atoms with van der Waals surface area (Å²) in [7, 11) is -4.84. The number of hydrogen-bond donors (Lipinski definition) is 3. The van der Waals surface area contributed by atoms with E-state index >= 15 is 0 Å². The molecule has 8 nitrogen and oxygen atoms in total. The van der Waals surface area contributed by atoms with E-state index in [1.165, 1.54) is 60.0 Å². The Morgan fingerprint density at radius 1 is 1.13 bits per heavy atom. The van der Waals surface area contributed by atoms with Gasteiger partial charge in [-0.15, -0.1) is 0 Å². The van der Waals surface area contributed by atoms with Crippen LogP contribution < -0.4 is 0 Å². The molecule has 0 spiro atoms. The van der Waals surface area contributed by atoms with Crippen LogP contribution in [0.15, 0.2) is 0 Å². The quantitative estimate of drug-likeness (QED) is 0.283. The Bertz CT molecular complexity index is 437. The zero-order valence-electron chi connectivity index (χ0n) is 13.9. The number of carbonyl (C=O) groups is 2. The molecule has 10 heteroatoms. The minimum Gasteiger partial charge on any atom is -0.481 e. The topological polar surface area (TPSA) is 138 Å². The maximum absolute atomic E-state index is 10.2. The third-order valence-electron chi connectivity index (χ3n) is 2.97. The summed E-state index contributed by atoms with van der Waals surface area (Å²) in [5.74, 6) is -3.50. The molecule has 0 aromatic carbocycles. The molecule has 2 unspecified atom stereocenters. The SMILES string of the molecule is CCCCCCO[CH]([Na])CC.O=C(O)CC(C(=O)O)S(=O)(=O)O. The van der Waals surface area contributed by atoms with Gasteiger partial charge in [-0.2, -0.15) is 8.42 Å². The standard InChI is InChI=1S/C9H19O.C4H6O7S.Na/c1-3-5-6-7-9-10-8-4-2;5-3(6)1-2(4(7)8)12(9,10)11;/h8H,3-7,9H2,1-2H3;2H,1H2,(H,5,6)(H,7,8)(H,9,10,11);. The fourth-order valence-corrected chi connectivity index (χ4v) is 2.25. The second-order valence-electron chi connectivity index (χ2n) is 5.09. The Hall–Kier alpha value is -0.190. The van der Waals surface area contributed by atoms with Gasteiger partial charge in [-0.25, -0.2) is 0 Å². The van der Waals surface area contributed by atoms with Crippen LogP contribution in [0.5, 0.6) is 0 Å². The number of aliphatic carboxylic acids is 2. The molecule has 0 heterocycles. The predicted molar refractivity (Wildman–Crippen MR) is 85.2 cm³/mol. The molecule has 0 aliphatic rings. The first-order valence-electron chi connectivity index (χ1n) is 7.58. The third-order valence-corrected chi connectivity index (χ3v) is 5.21. The van der Waals surface area contributed by atoms with Gasteiger partial charge in [-0.05, 0) is 0 Å². The maximum atomic E-state index is 10.2. The second kappa shape index (κ2) is 14.2. The monoisotopic (exact) mass is 364 g/mol. The van der Waals surface area contributed by atoms with Gasteiger partial charge in [0.15, 0.2) is 5.25 Å². The maximum Gasteiger partial charge on any atom is 0.325 e. The molecule has 0 radical (unpaired) electrons. The number of carboxylic acid groups (broad SMARTS) is 2. The number of unbranched alkanes of at least 4 members (excludes halogenated alkanes) is 3. The summed E-state index contributed by atoms with van der Waals surface area (Å²) in [6.07, 6.45) is 5.31. The Balaban J connectivity index is 0. The van der Waals surface area contributed by atoms with Gasteiger partial charge < -0.3 is 10.2 Å². The van der Waals surface area contributed by atoms with E-state index in [1.54, 1.807) is 0 Å². The normalized spacial score (nSPS) is 13.6. The number of carboxylic acids is 2. The fraction of sp³-hybridized carbons (Fsp3) is 0.846. The van der Waals surface area contributed by atoms with Crippen LogP contribution in [0.1, 0.15) is 52.4 Å². The summed E-state index contributed by atoms with van der Waals surface area (Å²) in [6, 6.07) is 0. The van der Waals surface area contributed by atoms with Crippen LogP contribution in [-0.4, -0.2) is 78.3 Å². The van der Waals surface area contributed by atoms with E-state index < -0.39 is 33.7 Å². The molecule has 23 heavy (non-hydrogen) atoms. The molecule has 132 valence electrons. The van der Waals surface area contributed by atoms with Crippen molar-refractivity contribution in [2.75, 3.05) is 6.61 Å². The molecule has 0 aromatic rings. The van der Waals surface area contributed by atoms with E-state index in [4.69, 9.17) is 19.5 Å². The largest absolute Gasteiger partial charge is 0.481 e. The first-order valence-corrected chi connectivity index (χ1v) is 10.2. The fourth-order valence-electron chi connectivity index (χ4n) is 1.41. The molecule has 0 saturated carbocycles. The van der Waals surface area contributed by atoms with E-state index in [0.717, 1.165) is 6.61 Å². The van der Waals surface area contributed by atoms with E-state index in [0.29, 0.717) is 3.35 Å². The zero-order valence-corrected chi connectivity index (χ0v) is 16.7. The summed E-state index contributed by atoms with van der Waals surface area (Å²) < 4.78 is 34.9. The van der Waals surface area contributed by atoms with E-state index in [9.17, 15) is 18.0 Å². The molecular weight excluding hydrogens is 339 g/mol. The Labute approximate surface area is 154 Å². The summed E-state index contributed by atoms with van der Waals surface area (Å²) in [6.45, 7) is 5.42. The van der Waals surface area contributed by atoms with Crippen molar-refractivity contribution in [3.63, 3.8) is 0 Å². The van der Waals surface area contributed by atoms with Crippen LogP contribution in [0, 0.1) is 0 Å². The molecule has 0 aliphatic heterocycles. The molecule has 0 fully saturated rings. The summed E-state index contributed by atoms with van der Waals surface area (Å²) in [4.78, 5) is 20.0. The second-order valence-corrected chi connectivity index (χ2v) is 7.98. The van der Waals surface area contributed by atoms with Crippen molar-refractivity contribution in [1.29, 1.82) is 0 Å². The van der Waals surface area contributed by atoms with Gasteiger partial charge in [-0.3, -0.25) is 14.1 Å². The Morgan fingerprint density at radius 3 is 2.00 bits per heavy atom. The van der Waals surface area contributed by atoms with Crippen molar-refractivity contribution in [2.24, 2.45) is 0 Å². The van der Waals surface area contributed by atoms with Crippen molar-refractivity contribution in [3.05, 3.63) is 0 Å². The van der Waals surface area contributed by atoms with Crippen LogP contribution in [0.4, 0.5) is 0 Å². The van der Waals surface area contributed by atoms with Gasteiger partial charge in [-0.1, -0.05) is 0 Å². The average Bonchev–Trinajstić information content (AvgIpc) is 2.43. The summed E-state index contributed by atoms with van der Waals surface area (Å²) in [5.41, 5.74) is 0. The number of rotatable bonds is 11. The van der Waals surface area contributed by atoms with Gasteiger partial charge in [0.2, 0.25) is 0 Å². The van der Waals surface area contributed by atoms with Gasteiger partial charge >= 0.3 is 101 Å². The van der Waals surface area contributed by atoms with Crippen molar-refractivity contribution >= 4 is 50.0 Å². The molecule has 3 N–H and O–H groups in total. The van der Waals surface area contributed by atoms with Crippen LogP contribution in [0.3, 0.4) is 0 Å². The van der Waals surface area contributed by atoms with Crippen LogP contribution in [-0.2, 0) is 24.4 Å². The minimum atomic E-state index is -4.84. The average molecular weight is 364 g/mol. The van der Waals surface area contributed by atoms with Crippen molar-refractivity contribution < 1.29 is 37.5 Å². The first kappa shape index (κ1) is 25.1. The van der Waals surface area contributed by atoms with Gasteiger partial charge in [0.1, 0.15) is 0 Å². The first-order chi connectivity index (χ1) is 10.6. The van der Waals surface area contributed by atoms with E-state index in [-0.39, 0.29) is 0 Å². The van der Waals surface area contributed by atoms with Gasteiger partial charge in [0.25, 0.3) is 10.1 Å². The van der Waals surface area contributed by atoms with Crippen molar-refractivity contribution in [2.45, 2.75) is 61.0 Å². The van der Waals surface area contributed by atoms with Gasteiger partial charge in [0.05, 0.1) is 6.42 Å². The van der Waals surface area contributed by atoms with Crippen LogP contribution in [0.2, 0.25) is 0 Å². The molecular formula is C13H25NaO8S. The predicted octanol–water partition coefficient (Wildman–Crippen LogP) is 1.29. The molecule has 0 saturated heterocycles. The molecule has 0 rings (SSSR count). The smallest absolute Gasteiger partial charge is 0.325 e. The number of hydrogen-bond acceptors (Lipinski definition) is 5. The van der Waals surface area contributed by atoms with Crippen molar-refractivity contribution in [1.82, 2.24) is 0 Å². The zero-order chi connectivity index (χ0) is 18.5. The van der Waals surface area contributed by atoms with E-state index in [2.05, 4.69) is 13.8 Å². The number of ether oxygens (including phenoxy) is 1. The molecule has 0 aliphatic carbocycles. The van der Waals surface area contributed by atoms with Gasteiger partial charge in [0, 0.05) is 0 Å². The Kier molecular flexibility index (Phi) is 15.4.